The highest BCUT2D eigenvalue weighted by atomic mass is 16.5. The van der Waals surface area contributed by atoms with E-state index in [1.807, 2.05) is 31.3 Å². The average molecular weight is 208 g/mol. The first-order valence-electron chi connectivity index (χ1n) is 4.88. The number of rotatable bonds is 5. The van der Waals surface area contributed by atoms with E-state index < -0.39 is 0 Å². The van der Waals surface area contributed by atoms with Crippen molar-refractivity contribution in [2.75, 3.05) is 25.5 Å². The molecule has 0 fully saturated rings. The van der Waals surface area contributed by atoms with E-state index in [0.29, 0.717) is 18.0 Å². The molecule has 1 aromatic rings. The molecule has 0 atom stereocenters. The molecule has 0 saturated heterocycles. The summed E-state index contributed by atoms with van der Waals surface area (Å²) in [6.45, 7) is 2.83. The molecule has 1 aromatic carbocycles. The first kappa shape index (κ1) is 11.5. The van der Waals surface area contributed by atoms with Gasteiger partial charge in [0, 0.05) is 13.5 Å². The lowest BCUT2D eigenvalue weighted by Gasteiger charge is -2.10. The number of ether oxygens (including phenoxy) is 1. The van der Waals surface area contributed by atoms with Crippen molar-refractivity contribution in [1.82, 2.24) is 5.32 Å². The van der Waals surface area contributed by atoms with Crippen molar-refractivity contribution < 1.29 is 9.53 Å². The molecule has 0 unspecified atom stereocenters. The molecule has 0 spiro atoms. The van der Waals surface area contributed by atoms with E-state index in [0.717, 1.165) is 6.54 Å². The molecule has 0 aliphatic rings. The normalized spacial score (nSPS) is 9.73. The van der Waals surface area contributed by atoms with Crippen molar-refractivity contribution in [1.29, 1.82) is 0 Å². The molecular formula is C11H16N2O2. The number of carbonyl (C=O) groups is 1. The summed E-state index contributed by atoms with van der Waals surface area (Å²) in [4.78, 5) is 10.9. The molecule has 0 aromatic heterocycles. The van der Waals surface area contributed by atoms with Gasteiger partial charge in [-0.1, -0.05) is 12.1 Å². The van der Waals surface area contributed by atoms with Crippen molar-refractivity contribution in [2.45, 2.75) is 6.92 Å². The van der Waals surface area contributed by atoms with Crippen LogP contribution in [0.5, 0.6) is 5.75 Å². The Balaban J connectivity index is 2.64. The molecule has 1 rings (SSSR count). The van der Waals surface area contributed by atoms with Crippen LogP contribution in [0.4, 0.5) is 5.69 Å². The summed E-state index contributed by atoms with van der Waals surface area (Å²) >= 11 is 0. The van der Waals surface area contributed by atoms with Crippen molar-refractivity contribution >= 4 is 11.6 Å². The Morgan fingerprint density at radius 1 is 1.40 bits per heavy atom. The molecule has 15 heavy (non-hydrogen) atoms. The Kier molecular flexibility index (Phi) is 4.63. The number of para-hydroxylation sites is 2. The zero-order valence-electron chi connectivity index (χ0n) is 9.04. The van der Waals surface area contributed by atoms with Crippen LogP contribution in [0.25, 0.3) is 0 Å². The van der Waals surface area contributed by atoms with E-state index in [9.17, 15) is 4.79 Å². The summed E-state index contributed by atoms with van der Waals surface area (Å²) in [7, 11) is 1.86. The van der Waals surface area contributed by atoms with E-state index in [1.165, 1.54) is 6.92 Å². The van der Waals surface area contributed by atoms with Gasteiger partial charge >= 0.3 is 0 Å². The van der Waals surface area contributed by atoms with E-state index in [2.05, 4.69) is 10.6 Å². The summed E-state index contributed by atoms with van der Waals surface area (Å²) in [5.74, 6) is 0.600. The number of carbonyl (C=O) groups excluding carboxylic acids is 1. The van der Waals surface area contributed by atoms with Crippen LogP contribution in [-0.4, -0.2) is 26.1 Å². The van der Waals surface area contributed by atoms with E-state index in [-0.39, 0.29) is 5.91 Å². The third-order valence-corrected chi connectivity index (χ3v) is 1.81. The molecule has 0 aliphatic carbocycles. The van der Waals surface area contributed by atoms with E-state index >= 15 is 0 Å². The summed E-state index contributed by atoms with van der Waals surface area (Å²) in [5.41, 5.74) is 0.709. The molecule has 0 aliphatic heterocycles. The fourth-order valence-corrected chi connectivity index (χ4v) is 1.15. The van der Waals surface area contributed by atoms with E-state index in [4.69, 9.17) is 4.74 Å². The second-order valence-corrected chi connectivity index (χ2v) is 3.13. The molecule has 2 N–H and O–H groups in total. The number of amides is 1. The van der Waals surface area contributed by atoms with Gasteiger partial charge in [-0.3, -0.25) is 4.79 Å². The van der Waals surface area contributed by atoms with Crippen LogP contribution in [-0.2, 0) is 4.79 Å². The number of hydrogen-bond donors (Lipinski definition) is 2. The summed E-state index contributed by atoms with van der Waals surface area (Å²) in [6, 6.07) is 7.38. The van der Waals surface area contributed by atoms with Gasteiger partial charge in [-0.2, -0.15) is 0 Å². The lowest BCUT2D eigenvalue weighted by atomic mass is 10.3. The fourth-order valence-electron chi connectivity index (χ4n) is 1.15. The summed E-state index contributed by atoms with van der Waals surface area (Å²) < 4.78 is 5.50. The Morgan fingerprint density at radius 2 is 2.13 bits per heavy atom. The molecule has 1 amide bonds. The summed E-state index contributed by atoms with van der Waals surface area (Å²) in [5, 5.41) is 5.70. The Morgan fingerprint density at radius 3 is 2.80 bits per heavy atom. The predicted molar refractivity (Wildman–Crippen MR) is 60.2 cm³/mol. The fraction of sp³-hybridized carbons (Fsp3) is 0.364. The van der Waals surface area contributed by atoms with Crippen molar-refractivity contribution in [3.8, 4) is 5.75 Å². The standard InChI is InChI=1S/C11H16N2O2/c1-9(14)13-10-5-3-4-6-11(10)15-8-7-12-2/h3-6,12H,7-8H2,1-2H3,(H,13,14). The van der Waals surface area contributed by atoms with E-state index in [1.54, 1.807) is 0 Å². The van der Waals surface area contributed by atoms with Gasteiger partial charge in [0.15, 0.2) is 0 Å². The van der Waals surface area contributed by atoms with Crippen LogP contribution in [0.15, 0.2) is 24.3 Å². The smallest absolute Gasteiger partial charge is 0.221 e. The Bertz CT molecular complexity index is 326. The number of benzene rings is 1. The molecule has 0 radical (unpaired) electrons. The van der Waals surface area contributed by atoms with Crippen molar-refractivity contribution in [3.05, 3.63) is 24.3 Å². The van der Waals surface area contributed by atoms with Gasteiger partial charge in [-0.25, -0.2) is 0 Å². The third kappa shape index (κ3) is 3.99. The van der Waals surface area contributed by atoms with Gasteiger partial charge in [-0.05, 0) is 19.2 Å². The van der Waals surface area contributed by atoms with Crippen LogP contribution in [0, 0.1) is 0 Å². The van der Waals surface area contributed by atoms with Gasteiger partial charge in [0.1, 0.15) is 12.4 Å². The monoisotopic (exact) mass is 208 g/mol. The Hall–Kier alpha value is -1.55. The first-order valence-corrected chi connectivity index (χ1v) is 4.88. The number of nitrogens with one attached hydrogen (secondary N) is 2. The molecule has 82 valence electrons. The first-order chi connectivity index (χ1) is 7.24. The second-order valence-electron chi connectivity index (χ2n) is 3.13. The SMILES string of the molecule is CNCCOc1ccccc1NC(C)=O. The van der Waals surface area contributed by atoms with Crippen LogP contribution in [0.2, 0.25) is 0 Å². The third-order valence-electron chi connectivity index (χ3n) is 1.81. The highest BCUT2D eigenvalue weighted by Gasteiger charge is 2.03. The van der Waals surface area contributed by atoms with Crippen molar-refractivity contribution in [2.24, 2.45) is 0 Å². The van der Waals surface area contributed by atoms with Gasteiger partial charge in [0.25, 0.3) is 0 Å². The molecular weight excluding hydrogens is 192 g/mol. The Labute approximate surface area is 89.6 Å². The van der Waals surface area contributed by atoms with Crippen molar-refractivity contribution in [3.63, 3.8) is 0 Å². The second kappa shape index (κ2) is 6.03. The predicted octanol–water partition coefficient (Wildman–Crippen LogP) is 1.24. The molecule has 4 heteroatoms. The van der Waals surface area contributed by atoms with Gasteiger partial charge < -0.3 is 15.4 Å². The number of anilines is 1. The molecule has 4 nitrogen and oxygen atoms in total. The maximum Gasteiger partial charge on any atom is 0.221 e. The lowest BCUT2D eigenvalue weighted by Crippen LogP contribution is -2.16. The maximum atomic E-state index is 10.9. The largest absolute Gasteiger partial charge is 0.490 e. The zero-order valence-corrected chi connectivity index (χ0v) is 9.04. The van der Waals surface area contributed by atoms with Gasteiger partial charge in [-0.15, -0.1) is 0 Å². The minimum atomic E-state index is -0.0975. The van der Waals surface area contributed by atoms with Crippen LogP contribution >= 0.6 is 0 Å². The minimum Gasteiger partial charge on any atom is -0.490 e. The molecule has 0 heterocycles. The minimum absolute atomic E-state index is 0.0975. The topological polar surface area (TPSA) is 50.4 Å². The van der Waals surface area contributed by atoms with Crippen LogP contribution in [0.3, 0.4) is 0 Å². The van der Waals surface area contributed by atoms with Gasteiger partial charge in [0.2, 0.25) is 5.91 Å². The quantitative estimate of drug-likeness (QED) is 0.716. The molecule has 0 saturated carbocycles. The lowest BCUT2D eigenvalue weighted by molar-refractivity contribution is -0.114. The van der Waals surface area contributed by atoms with Crippen LogP contribution < -0.4 is 15.4 Å². The average Bonchev–Trinajstić information content (AvgIpc) is 2.20. The zero-order chi connectivity index (χ0) is 11.1. The highest BCUT2D eigenvalue weighted by molar-refractivity contribution is 5.90. The summed E-state index contributed by atoms with van der Waals surface area (Å²) in [6.07, 6.45) is 0. The number of likely N-dealkylation sites (N-methyl/N-ethyl adjacent to an activating group) is 1. The van der Waals surface area contributed by atoms with Crippen LogP contribution in [0.1, 0.15) is 6.92 Å². The number of hydrogen-bond acceptors (Lipinski definition) is 3. The molecule has 0 bridgehead atoms. The highest BCUT2D eigenvalue weighted by Crippen LogP contribution is 2.23. The maximum absolute atomic E-state index is 10.9. The van der Waals surface area contributed by atoms with Gasteiger partial charge in [0.05, 0.1) is 5.69 Å².